The molecule has 1 heterocycles. The van der Waals surface area contributed by atoms with E-state index in [1.807, 2.05) is 43.4 Å². The van der Waals surface area contributed by atoms with Gasteiger partial charge in [-0.2, -0.15) is 5.26 Å². The molecule has 0 fully saturated rings. The van der Waals surface area contributed by atoms with E-state index in [2.05, 4.69) is 11.0 Å². The Morgan fingerprint density at radius 1 is 0.917 bits per heavy atom. The third-order valence-corrected chi connectivity index (χ3v) is 5.45. The topological polar surface area (TPSA) is 27.0 Å². The molecule has 4 rings (SSSR count). The van der Waals surface area contributed by atoms with Gasteiger partial charge in [-0.1, -0.05) is 24.3 Å². The first-order valence-corrected chi connectivity index (χ1v) is 8.34. The van der Waals surface area contributed by atoms with Crippen LogP contribution >= 0.6 is 11.3 Å². The number of hydrogen-bond donors (Lipinski definition) is 0. The SMILES string of the molecule is CN(c1ccc(C#N)cc1)c1cccc2c1sc1c(F)cccc12. The Balaban J connectivity index is 1.91. The van der Waals surface area contributed by atoms with Gasteiger partial charge in [0, 0.05) is 23.5 Å². The van der Waals surface area contributed by atoms with Crippen LogP contribution in [0.4, 0.5) is 15.8 Å². The van der Waals surface area contributed by atoms with Gasteiger partial charge in [0.15, 0.2) is 0 Å². The number of nitrogens with zero attached hydrogens (tertiary/aromatic N) is 2. The Kier molecular flexibility index (Phi) is 3.44. The van der Waals surface area contributed by atoms with Gasteiger partial charge in [-0.15, -0.1) is 11.3 Å². The molecule has 0 N–H and O–H groups in total. The fourth-order valence-corrected chi connectivity index (χ4v) is 4.19. The number of nitriles is 1. The van der Waals surface area contributed by atoms with Crippen LogP contribution in [-0.2, 0) is 0 Å². The van der Waals surface area contributed by atoms with Gasteiger partial charge < -0.3 is 4.90 Å². The molecular weight excluding hydrogens is 319 g/mol. The average molecular weight is 332 g/mol. The fraction of sp³-hybridized carbons (Fsp3) is 0.0500. The van der Waals surface area contributed by atoms with Crippen molar-refractivity contribution in [3.63, 3.8) is 0 Å². The third kappa shape index (κ3) is 2.22. The zero-order valence-electron chi connectivity index (χ0n) is 13.0. The Morgan fingerprint density at radius 2 is 1.58 bits per heavy atom. The van der Waals surface area contributed by atoms with E-state index in [0.717, 1.165) is 26.8 Å². The molecule has 2 nitrogen and oxygen atoms in total. The molecule has 4 aromatic rings. The van der Waals surface area contributed by atoms with Gasteiger partial charge in [0.1, 0.15) is 5.82 Å². The predicted molar refractivity (Wildman–Crippen MR) is 98.5 cm³/mol. The van der Waals surface area contributed by atoms with Crippen LogP contribution in [0.5, 0.6) is 0 Å². The second-order valence-corrected chi connectivity index (χ2v) is 6.61. The van der Waals surface area contributed by atoms with Crippen LogP contribution in [0.3, 0.4) is 0 Å². The first kappa shape index (κ1) is 14.7. The normalized spacial score (nSPS) is 10.9. The Labute approximate surface area is 143 Å². The molecule has 0 unspecified atom stereocenters. The smallest absolute Gasteiger partial charge is 0.141 e. The standard InChI is InChI=1S/C20H13FN2S/c1-23(14-10-8-13(12-22)9-11-14)18-7-3-5-16-15-4-2-6-17(21)19(15)24-20(16)18/h2-11H,1H3. The molecule has 3 aromatic carbocycles. The summed E-state index contributed by atoms with van der Waals surface area (Å²) < 4.78 is 15.9. The summed E-state index contributed by atoms with van der Waals surface area (Å²) in [5.41, 5.74) is 2.64. The molecule has 0 bridgehead atoms. The number of fused-ring (bicyclic) bond motifs is 3. The van der Waals surface area contributed by atoms with Crippen LogP contribution < -0.4 is 4.90 Å². The maximum absolute atomic E-state index is 14.1. The van der Waals surface area contributed by atoms with Gasteiger partial charge in [0.2, 0.25) is 0 Å². The highest BCUT2D eigenvalue weighted by molar-refractivity contribution is 7.26. The molecule has 0 aliphatic rings. The zero-order chi connectivity index (χ0) is 16.7. The Morgan fingerprint density at radius 3 is 2.29 bits per heavy atom. The van der Waals surface area contributed by atoms with Crippen molar-refractivity contribution >= 4 is 42.9 Å². The number of hydrogen-bond acceptors (Lipinski definition) is 3. The molecule has 0 aliphatic heterocycles. The highest BCUT2D eigenvalue weighted by Gasteiger charge is 2.14. The van der Waals surface area contributed by atoms with Crippen molar-refractivity contribution in [1.82, 2.24) is 0 Å². The molecular formula is C20H13FN2S. The molecule has 0 amide bonds. The lowest BCUT2D eigenvalue weighted by molar-refractivity contribution is 0.642. The maximum atomic E-state index is 14.1. The van der Waals surface area contributed by atoms with Crippen LogP contribution in [0.1, 0.15) is 5.56 Å². The van der Waals surface area contributed by atoms with Gasteiger partial charge >= 0.3 is 0 Å². The summed E-state index contributed by atoms with van der Waals surface area (Å²) in [5.74, 6) is -0.180. The highest BCUT2D eigenvalue weighted by atomic mass is 32.1. The monoisotopic (exact) mass is 332 g/mol. The van der Waals surface area contributed by atoms with Crippen molar-refractivity contribution in [3.05, 3.63) is 72.0 Å². The van der Waals surface area contributed by atoms with Crippen molar-refractivity contribution in [2.45, 2.75) is 0 Å². The van der Waals surface area contributed by atoms with Crippen LogP contribution in [0.2, 0.25) is 0 Å². The number of halogens is 1. The van der Waals surface area contributed by atoms with Crippen LogP contribution in [0.15, 0.2) is 60.7 Å². The molecule has 0 aliphatic carbocycles. The Hall–Kier alpha value is -2.90. The molecule has 0 radical (unpaired) electrons. The summed E-state index contributed by atoms with van der Waals surface area (Å²) in [6.45, 7) is 0. The van der Waals surface area contributed by atoms with E-state index in [1.165, 1.54) is 17.4 Å². The van der Waals surface area contributed by atoms with E-state index in [1.54, 1.807) is 18.2 Å². The molecule has 24 heavy (non-hydrogen) atoms. The quantitative estimate of drug-likeness (QED) is 0.461. The summed E-state index contributed by atoms with van der Waals surface area (Å²) >= 11 is 1.48. The minimum Gasteiger partial charge on any atom is -0.343 e. The van der Waals surface area contributed by atoms with E-state index in [0.29, 0.717) is 10.3 Å². The van der Waals surface area contributed by atoms with E-state index >= 15 is 0 Å². The Bertz CT molecular complexity index is 1090. The third-order valence-electron chi connectivity index (χ3n) is 4.20. The van der Waals surface area contributed by atoms with Crippen LogP contribution in [-0.4, -0.2) is 7.05 Å². The van der Waals surface area contributed by atoms with Crippen molar-refractivity contribution in [2.75, 3.05) is 11.9 Å². The van der Waals surface area contributed by atoms with E-state index < -0.39 is 0 Å². The summed E-state index contributed by atoms with van der Waals surface area (Å²) in [4.78, 5) is 2.07. The van der Waals surface area contributed by atoms with E-state index in [4.69, 9.17) is 5.26 Å². The summed E-state index contributed by atoms with van der Waals surface area (Å²) in [6, 6.07) is 20.9. The van der Waals surface area contributed by atoms with E-state index in [-0.39, 0.29) is 5.82 Å². The lowest BCUT2D eigenvalue weighted by atomic mass is 10.1. The molecule has 1 aromatic heterocycles. The fourth-order valence-electron chi connectivity index (χ4n) is 2.93. The molecule has 116 valence electrons. The zero-order valence-corrected chi connectivity index (χ0v) is 13.8. The van der Waals surface area contributed by atoms with Gasteiger partial charge in [-0.25, -0.2) is 4.39 Å². The second kappa shape index (κ2) is 5.63. The molecule has 0 saturated carbocycles. The lowest BCUT2D eigenvalue weighted by Gasteiger charge is -2.20. The summed E-state index contributed by atoms with van der Waals surface area (Å²) in [5, 5.41) is 10.9. The maximum Gasteiger partial charge on any atom is 0.141 e. The van der Waals surface area contributed by atoms with Gasteiger partial charge in [0.25, 0.3) is 0 Å². The molecule has 0 spiro atoms. The second-order valence-electron chi connectivity index (χ2n) is 5.59. The van der Waals surface area contributed by atoms with Crippen LogP contribution in [0, 0.1) is 17.1 Å². The highest BCUT2D eigenvalue weighted by Crippen LogP contribution is 2.41. The van der Waals surface area contributed by atoms with Crippen LogP contribution in [0.25, 0.3) is 20.2 Å². The minimum atomic E-state index is -0.180. The van der Waals surface area contributed by atoms with Crippen molar-refractivity contribution < 1.29 is 4.39 Å². The largest absolute Gasteiger partial charge is 0.343 e. The average Bonchev–Trinajstić information content (AvgIpc) is 3.01. The van der Waals surface area contributed by atoms with Crippen molar-refractivity contribution in [3.8, 4) is 6.07 Å². The van der Waals surface area contributed by atoms with Crippen molar-refractivity contribution in [1.29, 1.82) is 5.26 Å². The van der Waals surface area contributed by atoms with Gasteiger partial charge in [0.05, 0.1) is 26.7 Å². The number of anilines is 2. The molecule has 0 atom stereocenters. The number of benzene rings is 3. The first-order valence-electron chi connectivity index (χ1n) is 7.52. The molecule has 0 saturated heterocycles. The minimum absolute atomic E-state index is 0.180. The summed E-state index contributed by atoms with van der Waals surface area (Å²) in [7, 11) is 1.98. The van der Waals surface area contributed by atoms with Gasteiger partial charge in [-0.05, 0) is 36.4 Å². The van der Waals surface area contributed by atoms with E-state index in [9.17, 15) is 4.39 Å². The number of thiophene rings is 1. The number of rotatable bonds is 2. The first-order chi connectivity index (χ1) is 11.7. The lowest BCUT2D eigenvalue weighted by Crippen LogP contribution is -2.09. The van der Waals surface area contributed by atoms with Crippen molar-refractivity contribution in [2.24, 2.45) is 0 Å². The predicted octanol–water partition coefficient (Wildman–Crippen LogP) is 5.83. The summed E-state index contributed by atoms with van der Waals surface area (Å²) in [6.07, 6.45) is 0. The van der Waals surface area contributed by atoms with Gasteiger partial charge in [-0.3, -0.25) is 0 Å². The molecule has 4 heteroatoms.